The van der Waals surface area contributed by atoms with Gasteiger partial charge in [0.05, 0.1) is 14.2 Å². The average Bonchev–Trinajstić information content (AvgIpc) is 3.00. The number of amides is 1. The summed E-state index contributed by atoms with van der Waals surface area (Å²) in [5, 5.41) is 2.86. The van der Waals surface area contributed by atoms with Crippen molar-refractivity contribution in [3.8, 4) is 11.5 Å². The number of carbonyl (C=O) groups excluding carboxylic acids is 1. The topological polar surface area (TPSA) is 52.5 Å². The fourth-order valence-electron chi connectivity index (χ4n) is 2.08. The van der Waals surface area contributed by atoms with E-state index >= 15 is 0 Å². The van der Waals surface area contributed by atoms with Crippen LogP contribution in [0.1, 0.15) is 12.8 Å². The SMILES string of the molecule is COc1ccc(NC(=O)CCCn2cccc2)cc1OC. The third kappa shape index (κ3) is 4.27. The van der Waals surface area contributed by atoms with Gasteiger partial charge in [-0.05, 0) is 30.7 Å². The Balaban J connectivity index is 1.84. The average molecular weight is 288 g/mol. The number of methoxy groups -OCH3 is 2. The Morgan fingerprint density at radius 2 is 1.86 bits per heavy atom. The lowest BCUT2D eigenvalue weighted by atomic mass is 10.2. The minimum Gasteiger partial charge on any atom is -0.493 e. The molecule has 1 aromatic carbocycles. The lowest BCUT2D eigenvalue weighted by molar-refractivity contribution is -0.116. The van der Waals surface area contributed by atoms with Gasteiger partial charge in [-0.15, -0.1) is 0 Å². The second-order valence-corrected chi connectivity index (χ2v) is 4.64. The van der Waals surface area contributed by atoms with Crippen molar-refractivity contribution in [2.75, 3.05) is 19.5 Å². The Kier molecular flexibility index (Phi) is 5.26. The van der Waals surface area contributed by atoms with E-state index in [-0.39, 0.29) is 5.91 Å². The normalized spacial score (nSPS) is 10.2. The maximum absolute atomic E-state index is 11.9. The van der Waals surface area contributed by atoms with Crippen LogP contribution in [0.4, 0.5) is 5.69 Å². The highest BCUT2D eigenvalue weighted by molar-refractivity contribution is 5.91. The molecule has 0 spiro atoms. The third-order valence-electron chi connectivity index (χ3n) is 3.15. The molecule has 5 heteroatoms. The monoisotopic (exact) mass is 288 g/mol. The van der Waals surface area contributed by atoms with Gasteiger partial charge in [-0.25, -0.2) is 0 Å². The molecule has 2 rings (SSSR count). The molecule has 0 aliphatic heterocycles. The Bertz CT molecular complexity index is 579. The number of hydrogen-bond acceptors (Lipinski definition) is 3. The molecule has 0 saturated carbocycles. The zero-order chi connectivity index (χ0) is 15.1. The first-order chi connectivity index (χ1) is 10.2. The summed E-state index contributed by atoms with van der Waals surface area (Å²) in [6.07, 6.45) is 5.26. The minimum atomic E-state index is -0.00521. The molecular formula is C16H20N2O3. The molecular weight excluding hydrogens is 268 g/mol. The van der Waals surface area contributed by atoms with E-state index in [0.29, 0.717) is 23.6 Å². The van der Waals surface area contributed by atoms with Crippen LogP contribution in [0.25, 0.3) is 0 Å². The highest BCUT2D eigenvalue weighted by Crippen LogP contribution is 2.29. The van der Waals surface area contributed by atoms with E-state index < -0.39 is 0 Å². The van der Waals surface area contributed by atoms with Gasteiger partial charge in [-0.3, -0.25) is 4.79 Å². The van der Waals surface area contributed by atoms with Crippen molar-refractivity contribution in [3.05, 3.63) is 42.7 Å². The second kappa shape index (κ2) is 7.38. The van der Waals surface area contributed by atoms with Gasteiger partial charge in [-0.2, -0.15) is 0 Å². The molecule has 0 fully saturated rings. The van der Waals surface area contributed by atoms with E-state index in [1.807, 2.05) is 24.5 Å². The molecule has 1 heterocycles. The fourth-order valence-corrected chi connectivity index (χ4v) is 2.08. The molecule has 0 atom stereocenters. The molecule has 1 N–H and O–H groups in total. The number of nitrogens with one attached hydrogen (secondary N) is 1. The van der Waals surface area contributed by atoms with Gasteiger partial charge >= 0.3 is 0 Å². The molecule has 0 aliphatic carbocycles. The van der Waals surface area contributed by atoms with Crippen LogP contribution in [0.15, 0.2) is 42.7 Å². The van der Waals surface area contributed by atoms with E-state index in [1.165, 1.54) is 0 Å². The highest BCUT2D eigenvalue weighted by Gasteiger charge is 2.07. The van der Waals surface area contributed by atoms with Gasteiger partial charge < -0.3 is 19.4 Å². The first kappa shape index (κ1) is 15.0. The molecule has 5 nitrogen and oxygen atoms in total. The van der Waals surface area contributed by atoms with E-state index in [4.69, 9.17) is 9.47 Å². The van der Waals surface area contributed by atoms with Crippen LogP contribution in [0.5, 0.6) is 11.5 Å². The number of nitrogens with zero attached hydrogens (tertiary/aromatic N) is 1. The van der Waals surface area contributed by atoms with Crippen LogP contribution >= 0.6 is 0 Å². The molecule has 0 saturated heterocycles. The van der Waals surface area contributed by atoms with E-state index in [1.54, 1.807) is 32.4 Å². The van der Waals surface area contributed by atoms with Crippen LogP contribution in [0, 0.1) is 0 Å². The molecule has 1 aromatic heterocycles. The predicted octanol–water partition coefficient (Wildman–Crippen LogP) is 2.92. The van der Waals surface area contributed by atoms with Crippen molar-refractivity contribution in [1.82, 2.24) is 4.57 Å². The summed E-state index contributed by atoms with van der Waals surface area (Å²) in [5.41, 5.74) is 0.707. The molecule has 0 radical (unpaired) electrons. The largest absolute Gasteiger partial charge is 0.493 e. The van der Waals surface area contributed by atoms with Crippen molar-refractivity contribution >= 4 is 11.6 Å². The first-order valence-corrected chi connectivity index (χ1v) is 6.85. The van der Waals surface area contributed by atoms with Crippen molar-refractivity contribution in [1.29, 1.82) is 0 Å². The van der Waals surface area contributed by atoms with Gasteiger partial charge in [-0.1, -0.05) is 0 Å². The lowest BCUT2D eigenvalue weighted by Gasteiger charge is -2.10. The Morgan fingerprint density at radius 3 is 2.52 bits per heavy atom. The van der Waals surface area contributed by atoms with Crippen molar-refractivity contribution < 1.29 is 14.3 Å². The lowest BCUT2D eigenvalue weighted by Crippen LogP contribution is -2.12. The molecule has 1 amide bonds. The van der Waals surface area contributed by atoms with Gasteiger partial charge in [0, 0.05) is 37.1 Å². The van der Waals surface area contributed by atoms with Crippen molar-refractivity contribution in [2.24, 2.45) is 0 Å². The van der Waals surface area contributed by atoms with E-state index in [0.717, 1.165) is 13.0 Å². The van der Waals surface area contributed by atoms with Crippen LogP contribution in [-0.2, 0) is 11.3 Å². The minimum absolute atomic E-state index is 0.00521. The van der Waals surface area contributed by atoms with Gasteiger partial charge in [0.15, 0.2) is 11.5 Å². The summed E-state index contributed by atoms with van der Waals surface area (Å²) in [5.74, 6) is 1.24. The Labute approximate surface area is 124 Å². The Morgan fingerprint density at radius 1 is 1.14 bits per heavy atom. The van der Waals surface area contributed by atoms with Gasteiger partial charge in [0.1, 0.15) is 0 Å². The summed E-state index contributed by atoms with van der Waals surface area (Å²) in [6.45, 7) is 0.840. The number of carbonyl (C=O) groups is 1. The zero-order valence-corrected chi connectivity index (χ0v) is 12.3. The number of anilines is 1. The molecule has 21 heavy (non-hydrogen) atoms. The first-order valence-electron chi connectivity index (χ1n) is 6.85. The quantitative estimate of drug-likeness (QED) is 0.852. The molecule has 2 aromatic rings. The number of hydrogen-bond donors (Lipinski definition) is 1. The van der Waals surface area contributed by atoms with Crippen molar-refractivity contribution in [2.45, 2.75) is 19.4 Å². The fraction of sp³-hybridized carbons (Fsp3) is 0.312. The molecule has 112 valence electrons. The summed E-state index contributed by atoms with van der Waals surface area (Å²) in [6, 6.07) is 9.27. The predicted molar refractivity (Wildman–Crippen MR) is 81.8 cm³/mol. The maximum atomic E-state index is 11.9. The number of rotatable bonds is 7. The van der Waals surface area contributed by atoms with Crippen LogP contribution in [0.2, 0.25) is 0 Å². The summed E-state index contributed by atoms with van der Waals surface area (Å²) >= 11 is 0. The van der Waals surface area contributed by atoms with E-state index in [9.17, 15) is 4.79 Å². The summed E-state index contributed by atoms with van der Waals surface area (Å²) < 4.78 is 12.4. The standard InChI is InChI=1S/C16H20N2O3/c1-20-14-8-7-13(12-15(14)21-2)17-16(19)6-5-11-18-9-3-4-10-18/h3-4,7-10,12H,5-6,11H2,1-2H3,(H,17,19). The number of ether oxygens (including phenoxy) is 2. The zero-order valence-electron chi connectivity index (χ0n) is 12.3. The molecule has 0 bridgehead atoms. The summed E-state index contributed by atoms with van der Waals surface area (Å²) in [7, 11) is 3.15. The highest BCUT2D eigenvalue weighted by atomic mass is 16.5. The van der Waals surface area contributed by atoms with Crippen LogP contribution in [-0.4, -0.2) is 24.7 Å². The molecule has 0 unspecified atom stereocenters. The second-order valence-electron chi connectivity index (χ2n) is 4.64. The van der Waals surface area contributed by atoms with Gasteiger partial charge in [0.2, 0.25) is 5.91 Å². The van der Waals surface area contributed by atoms with E-state index in [2.05, 4.69) is 9.88 Å². The molecule has 0 aliphatic rings. The number of benzene rings is 1. The van der Waals surface area contributed by atoms with Crippen LogP contribution in [0.3, 0.4) is 0 Å². The Hall–Kier alpha value is -2.43. The van der Waals surface area contributed by atoms with Gasteiger partial charge in [0.25, 0.3) is 0 Å². The number of aryl methyl sites for hydroxylation is 1. The maximum Gasteiger partial charge on any atom is 0.224 e. The smallest absolute Gasteiger partial charge is 0.224 e. The third-order valence-corrected chi connectivity index (χ3v) is 3.15. The number of aromatic nitrogens is 1. The van der Waals surface area contributed by atoms with Crippen LogP contribution < -0.4 is 14.8 Å². The summed E-state index contributed by atoms with van der Waals surface area (Å²) in [4.78, 5) is 11.9. The van der Waals surface area contributed by atoms with Crippen molar-refractivity contribution in [3.63, 3.8) is 0 Å².